The first-order chi connectivity index (χ1) is 12.1. The number of hydrazine groups is 1. The minimum Gasteiger partial charge on any atom is -0.357 e. The van der Waals surface area contributed by atoms with Crippen LogP contribution in [0.4, 0.5) is 4.39 Å². The highest BCUT2D eigenvalue weighted by atomic mass is 32.1. The molecule has 0 unspecified atom stereocenters. The van der Waals surface area contributed by atoms with E-state index in [1.165, 1.54) is 23.5 Å². The van der Waals surface area contributed by atoms with Crippen molar-refractivity contribution in [1.29, 1.82) is 0 Å². The van der Waals surface area contributed by atoms with Gasteiger partial charge in [0.05, 0.1) is 0 Å². The maximum atomic E-state index is 12.8. The molecule has 3 rings (SSSR count). The Kier molecular flexibility index (Phi) is 5.69. The lowest BCUT2D eigenvalue weighted by Crippen LogP contribution is -2.46. The highest BCUT2D eigenvalue weighted by Crippen LogP contribution is 2.25. The number of thiophene rings is 1. The first kappa shape index (κ1) is 17.5. The first-order valence-electron chi connectivity index (χ1n) is 7.18. The smallest absolute Gasteiger partial charge is 0.289 e. The van der Waals surface area contributed by atoms with E-state index in [2.05, 4.69) is 21.2 Å². The summed E-state index contributed by atoms with van der Waals surface area (Å²) < 4.78 is 12.8. The van der Waals surface area contributed by atoms with Crippen LogP contribution in [0.15, 0.2) is 46.5 Å². The van der Waals surface area contributed by atoms with E-state index in [-0.39, 0.29) is 16.8 Å². The number of carbonyl (C=O) groups is 1. The average Bonchev–Trinajstić information content (AvgIpc) is 3.30. The van der Waals surface area contributed by atoms with Gasteiger partial charge in [-0.3, -0.25) is 15.6 Å². The minimum absolute atomic E-state index is 0.256. The molecular weight excluding hydrogens is 379 g/mol. The molecule has 3 N–H and O–H groups in total. The monoisotopic (exact) mass is 392 g/mol. The molecule has 0 bridgehead atoms. The third kappa shape index (κ3) is 4.81. The van der Waals surface area contributed by atoms with Crippen molar-refractivity contribution in [1.82, 2.24) is 21.2 Å². The maximum Gasteiger partial charge on any atom is 0.289 e. The molecule has 0 aliphatic heterocycles. The molecule has 0 aliphatic rings. The van der Waals surface area contributed by atoms with Crippen LogP contribution in [0, 0.1) is 5.82 Å². The second-order valence-corrected chi connectivity index (χ2v) is 6.98. The number of hydrogen-bond acceptors (Lipinski definition) is 5. The molecular formula is C16H13FN4OS3. The second kappa shape index (κ2) is 8.15. The summed E-state index contributed by atoms with van der Waals surface area (Å²) >= 11 is 8.07. The zero-order valence-corrected chi connectivity index (χ0v) is 15.2. The number of nitrogens with zero attached hydrogens (tertiary/aromatic N) is 1. The van der Waals surface area contributed by atoms with Crippen molar-refractivity contribution >= 4 is 45.9 Å². The van der Waals surface area contributed by atoms with E-state index in [1.54, 1.807) is 28.8 Å². The maximum absolute atomic E-state index is 12.8. The van der Waals surface area contributed by atoms with E-state index in [1.807, 2.05) is 16.8 Å². The van der Waals surface area contributed by atoms with E-state index in [0.717, 1.165) is 16.1 Å². The fourth-order valence-electron chi connectivity index (χ4n) is 1.90. The van der Waals surface area contributed by atoms with Gasteiger partial charge in [-0.1, -0.05) is 12.1 Å². The van der Waals surface area contributed by atoms with Crippen LogP contribution in [-0.4, -0.2) is 16.0 Å². The quantitative estimate of drug-likeness (QED) is 0.470. The molecule has 25 heavy (non-hydrogen) atoms. The molecule has 2 aromatic heterocycles. The van der Waals surface area contributed by atoms with Gasteiger partial charge < -0.3 is 5.32 Å². The summed E-state index contributed by atoms with van der Waals surface area (Å²) in [6.45, 7) is 0.418. The van der Waals surface area contributed by atoms with Gasteiger partial charge in [0.15, 0.2) is 5.11 Å². The Labute approximate surface area is 156 Å². The zero-order valence-electron chi connectivity index (χ0n) is 12.8. The molecule has 2 heterocycles. The fraction of sp³-hybridized carbons (Fsp3) is 0.0625. The van der Waals surface area contributed by atoms with E-state index < -0.39 is 0 Å². The highest BCUT2D eigenvalue weighted by Gasteiger charge is 2.12. The van der Waals surface area contributed by atoms with Gasteiger partial charge in [-0.25, -0.2) is 9.37 Å². The fourth-order valence-corrected chi connectivity index (χ4v) is 3.54. The van der Waals surface area contributed by atoms with Crippen molar-refractivity contribution in [3.63, 3.8) is 0 Å². The SMILES string of the molecule is O=C(NNC(=S)NCc1ccc(F)cc1)c1csc(-c2ccsc2)n1. The molecule has 0 spiro atoms. The van der Waals surface area contributed by atoms with E-state index >= 15 is 0 Å². The average molecular weight is 393 g/mol. The van der Waals surface area contributed by atoms with Gasteiger partial charge in [-0.2, -0.15) is 11.3 Å². The van der Waals surface area contributed by atoms with Gasteiger partial charge in [0, 0.05) is 22.9 Å². The molecule has 5 nitrogen and oxygen atoms in total. The van der Waals surface area contributed by atoms with Crippen LogP contribution in [0.25, 0.3) is 10.6 Å². The summed E-state index contributed by atoms with van der Waals surface area (Å²) in [4.78, 5) is 16.4. The Morgan fingerprint density at radius 3 is 2.68 bits per heavy atom. The van der Waals surface area contributed by atoms with E-state index in [4.69, 9.17) is 12.2 Å². The molecule has 128 valence electrons. The van der Waals surface area contributed by atoms with Crippen LogP contribution in [-0.2, 0) is 6.54 Å². The number of nitrogens with one attached hydrogen (secondary N) is 3. The van der Waals surface area contributed by atoms with Gasteiger partial charge in [0.2, 0.25) is 0 Å². The van der Waals surface area contributed by atoms with E-state index in [0.29, 0.717) is 12.2 Å². The minimum atomic E-state index is -0.372. The molecule has 0 saturated heterocycles. The molecule has 0 atom stereocenters. The van der Waals surface area contributed by atoms with Crippen molar-refractivity contribution in [2.45, 2.75) is 6.54 Å². The number of carbonyl (C=O) groups excluding carboxylic acids is 1. The normalized spacial score (nSPS) is 10.3. The molecule has 3 aromatic rings. The number of hydrogen-bond donors (Lipinski definition) is 3. The van der Waals surface area contributed by atoms with Crippen molar-refractivity contribution in [2.24, 2.45) is 0 Å². The summed E-state index contributed by atoms with van der Waals surface area (Å²) in [7, 11) is 0. The number of thiocarbonyl (C=S) groups is 1. The van der Waals surface area contributed by atoms with E-state index in [9.17, 15) is 9.18 Å². The third-order valence-corrected chi connectivity index (χ3v) is 4.98. The largest absolute Gasteiger partial charge is 0.357 e. The standard InChI is InChI=1S/C16H13FN4OS3/c17-12-3-1-10(2-4-12)7-18-16(23)21-20-14(22)13-9-25-15(19-13)11-5-6-24-8-11/h1-6,8-9H,7H2,(H,20,22)(H2,18,21,23). The van der Waals surface area contributed by atoms with Gasteiger partial charge in [-0.05, 0) is 41.4 Å². The summed E-state index contributed by atoms with van der Waals surface area (Å²) in [6.07, 6.45) is 0. The second-order valence-electron chi connectivity index (χ2n) is 4.94. The summed E-state index contributed by atoms with van der Waals surface area (Å²) in [5.74, 6) is -0.662. The lowest BCUT2D eigenvalue weighted by atomic mass is 10.2. The van der Waals surface area contributed by atoms with Gasteiger partial charge >= 0.3 is 0 Å². The number of benzene rings is 1. The molecule has 0 radical (unpaired) electrons. The zero-order chi connectivity index (χ0) is 17.6. The number of rotatable bonds is 4. The van der Waals surface area contributed by atoms with Crippen LogP contribution in [0.5, 0.6) is 0 Å². The number of halogens is 1. The topological polar surface area (TPSA) is 66.1 Å². The Balaban J connectivity index is 1.47. The number of thiazole rings is 1. The molecule has 0 fully saturated rings. The lowest BCUT2D eigenvalue weighted by molar-refractivity contribution is 0.0939. The third-order valence-electron chi connectivity index (χ3n) is 3.16. The Morgan fingerprint density at radius 2 is 1.96 bits per heavy atom. The van der Waals surface area contributed by atoms with Crippen LogP contribution >= 0.6 is 34.9 Å². The van der Waals surface area contributed by atoms with Crippen molar-refractivity contribution < 1.29 is 9.18 Å². The predicted octanol–water partition coefficient (Wildman–Crippen LogP) is 3.32. The summed E-state index contributed by atoms with van der Waals surface area (Å²) in [5, 5.41) is 9.60. The number of amides is 1. The summed E-state index contributed by atoms with van der Waals surface area (Å²) in [5.41, 5.74) is 7.31. The highest BCUT2D eigenvalue weighted by molar-refractivity contribution is 7.80. The Morgan fingerprint density at radius 1 is 1.16 bits per heavy atom. The van der Waals surface area contributed by atoms with Crippen molar-refractivity contribution in [2.75, 3.05) is 0 Å². The molecule has 0 saturated carbocycles. The first-order valence-corrected chi connectivity index (χ1v) is 9.41. The number of aromatic nitrogens is 1. The summed E-state index contributed by atoms with van der Waals surface area (Å²) in [6, 6.07) is 8.03. The van der Waals surface area contributed by atoms with Crippen molar-refractivity contribution in [3.05, 3.63) is 63.5 Å². The molecule has 1 amide bonds. The van der Waals surface area contributed by atoms with Gasteiger partial charge in [0.25, 0.3) is 5.91 Å². The van der Waals surface area contributed by atoms with Crippen molar-refractivity contribution in [3.8, 4) is 10.6 Å². The predicted molar refractivity (Wildman–Crippen MR) is 102 cm³/mol. The molecule has 1 aromatic carbocycles. The molecule has 0 aliphatic carbocycles. The van der Waals surface area contributed by atoms with Crippen LogP contribution in [0.3, 0.4) is 0 Å². The Hall–Kier alpha value is -2.36. The van der Waals surface area contributed by atoms with Gasteiger partial charge in [0.1, 0.15) is 16.5 Å². The van der Waals surface area contributed by atoms with Gasteiger partial charge in [-0.15, -0.1) is 11.3 Å². The molecule has 9 heteroatoms. The van der Waals surface area contributed by atoms with Crippen LogP contribution in [0.1, 0.15) is 16.1 Å². The van der Waals surface area contributed by atoms with Crippen LogP contribution in [0.2, 0.25) is 0 Å². The van der Waals surface area contributed by atoms with Crippen LogP contribution < -0.4 is 16.2 Å². The Bertz CT molecular complexity index is 862. The lowest BCUT2D eigenvalue weighted by Gasteiger charge is -2.10.